The molecule has 0 spiro atoms. The third-order valence-corrected chi connectivity index (χ3v) is 8.94. The summed E-state index contributed by atoms with van der Waals surface area (Å²) in [7, 11) is 0. The first-order chi connectivity index (χ1) is 19.1. The van der Waals surface area contributed by atoms with Gasteiger partial charge in [0.15, 0.2) is 5.82 Å². The first kappa shape index (κ1) is 28.0. The van der Waals surface area contributed by atoms with Gasteiger partial charge < -0.3 is 14.9 Å². The van der Waals surface area contributed by atoms with Crippen molar-refractivity contribution in [2.75, 3.05) is 26.2 Å². The highest BCUT2D eigenvalue weighted by molar-refractivity contribution is 7.15. The number of hydrogen-bond acceptors (Lipinski definition) is 7. The summed E-state index contributed by atoms with van der Waals surface area (Å²) in [5.41, 5.74) is 3.85. The number of rotatable bonds is 7. The zero-order valence-electron chi connectivity index (χ0n) is 22.7. The van der Waals surface area contributed by atoms with Crippen molar-refractivity contribution in [2.24, 2.45) is 4.99 Å². The molecule has 2 aliphatic rings. The fourth-order valence-electron chi connectivity index (χ4n) is 5.18. The second-order valence-corrected chi connectivity index (χ2v) is 11.8. The third-order valence-electron chi connectivity index (χ3n) is 7.49. The summed E-state index contributed by atoms with van der Waals surface area (Å²) < 4.78 is 2.03. The van der Waals surface area contributed by atoms with E-state index in [0.717, 1.165) is 33.2 Å². The minimum absolute atomic E-state index is 0.0279. The van der Waals surface area contributed by atoms with Crippen LogP contribution >= 0.6 is 22.9 Å². The van der Waals surface area contributed by atoms with Crippen molar-refractivity contribution in [2.45, 2.75) is 52.5 Å². The zero-order chi connectivity index (χ0) is 28.6. The van der Waals surface area contributed by atoms with Gasteiger partial charge in [0.05, 0.1) is 12.1 Å². The number of carbonyl (C=O) groups excluding carboxylic acids is 2. The molecule has 1 aromatic carbocycles. The fraction of sp³-hybridized carbons (Fsp3) is 0.429. The predicted octanol–water partition coefficient (Wildman–Crippen LogP) is 4.12. The minimum Gasteiger partial charge on any atom is -0.481 e. The number of aliphatic carboxylic acids is 1. The van der Waals surface area contributed by atoms with Crippen molar-refractivity contribution in [3.05, 3.63) is 62.5 Å². The SMILES string of the molecule is Cc1sc2c(c1C)C(c1ccc(Cl)cc1)=N[C@@H](CC(=O)N1CCN(C(=O)CCCC(=O)O)CC1)c1nnc(C)n1-2. The number of carbonyl (C=O) groups is 3. The van der Waals surface area contributed by atoms with Gasteiger partial charge in [-0.25, -0.2) is 0 Å². The number of carboxylic acids is 1. The number of benzene rings is 1. The highest BCUT2D eigenvalue weighted by Crippen LogP contribution is 2.39. The van der Waals surface area contributed by atoms with Crippen molar-refractivity contribution < 1.29 is 19.5 Å². The molecule has 10 nitrogen and oxygen atoms in total. The second kappa shape index (κ2) is 11.5. The molecule has 4 heterocycles. The van der Waals surface area contributed by atoms with Gasteiger partial charge in [0, 0.05) is 60.0 Å². The highest BCUT2D eigenvalue weighted by Gasteiger charge is 2.34. The Bertz CT molecular complexity index is 1490. The van der Waals surface area contributed by atoms with Gasteiger partial charge in [0.1, 0.15) is 16.9 Å². The summed E-state index contributed by atoms with van der Waals surface area (Å²) in [5.74, 6) is 0.319. The number of halogens is 1. The van der Waals surface area contributed by atoms with E-state index in [9.17, 15) is 14.4 Å². The van der Waals surface area contributed by atoms with Crippen LogP contribution in [0.2, 0.25) is 5.02 Å². The average Bonchev–Trinajstić information content (AvgIpc) is 3.40. The van der Waals surface area contributed by atoms with Crippen LogP contribution in [0.3, 0.4) is 0 Å². The molecule has 0 saturated carbocycles. The monoisotopic (exact) mass is 582 g/mol. The Kier molecular flexibility index (Phi) is 8.04. The van der Waals surface area contributed by atoms with E-state index in [1.807, 2.05) is 35.8 Å². The van der Waals surface area contributed by atoms with Crippen LogP contribution in [-0.2, 0) is 14.4 Å². The molecule has 12 heteroatoms. The van der Waals surface area contributed by atoms with E-state index in [0.29, 0.717) is 43.4 Å². The lowest BCUT2D eigenvalue weighted by Crippen LogP contribution is -2.50. The summed E-state index contributed by atoms with van der Waals surface area (Å²) in [6.45, 7) is 7.76. The molecule has 0 unspecified atom stereocenters. The van der Waals surface area contributed by atoms with Crippen LogP contribution in [0.15, 0.2) is 29.3 Å². The second-order valence-electron chi connectivity index (χ2n) is 10.1. The Labute approximate surface area is 241 Å². The molecule has 1 atom stereocenters. The van der Waals surface area contributed by atoms with Gasteiger partial charge in [-0.2, -0.15) is 0 Å². The van der Waals surface area contributed by atoms with Crippen LogP contribution < -0.4 is 0 Å². The number of aromatic nitrogens is 3. The van der Waals surface area contributed by atoms with Crippen molar-refractivity contribution in [3.63, 3.8) is 0 Å². The molecule has 3 aromatic rings. The molecule has 5 rings (SSSR count). The molecule has 0 aliphatic carbocycles. The molecule has 2 aromatic heterocycles. The first-order valence-electron chi connectivity index (χ1n) is 13.3. The maximum atomic E-state index is 13.6. The normalized spacial score (nSPS) is 16.7. The maximum absolute atomic E-state index is 13.6. The van der Waals surface area contributed by atoms with Crippen molar-refractivity contribution in [1.29, 1.82) is 0 Å². The molecule has 1 fully saturated rings. The molecule has 2 amide bonds. The molecule has 210 valence electrons. The Morgan fingerprint density at radius 3 is 2.27 bits per heavy atom. The van der Waals surface area contributed by atoms with Crippen LogP contribution in [0.4, 0.5) is 0 Å². The topological polar surface area (TPSA) is 121 Å². The van der Waals surface area contributed by atoms with E-state index in [-0.39, 0.29) is 31.1 Å². The summed E-state index contributed by atoms with van der Waals surface area (Å²) in [5, 5.41) is 19.3. The molecular formula is C28H31ClN6O4S. The molecule has 1 N–H and O–H groups in total. The Morgan fingerprint density at radius 2 is 1.62 bits per heavy atom. The number of fused-ring (bicyclic) bond motifs is 3. The number of nitrogens with zero attached hydrogens (tertiary/aromatic N) is 6. The van der Waals surface area contributed by atoms with E-state index in [1.165, 1.54) is 4.88 Å². The quantitative estimate of drug-likeness (QED) is 0.447. The van der Waals surface area contributed by atoms with E-state index in [1.54, 1.807) is 21.1 Å². The number of amides is 2. The van der Waals surface area contributed by atoms with E-state index < -0.39 is 12.0 Å². The third kappa shape index (κ3) is 5.53. The molecule has 0 radical (unpaired) electrons. The lowest BCUT2D eigenvalue weighted by Gasteiger charge is -2.35. The highest BCUT2D eigenvalue weighted by atomic mass is 35.5. The van der Waals surface area contributed by atoms with Crippen molar-refractivity contribution >= 4 is 46.4 Å². The summed E-state index contributed by atoms with van der Waals surface area (Å²) in [6, 6.07) is 7.03. The van der Waals surface area contributed by atoms with Gasteiger partial charge in [-0.1, -0.05) is 23.7 Å². The zero-order valence-corrected chi connectivity index (χ0v) is 24.3. The molecule has 0 bridgehead atoms. The number of thiophene rings is 1. The predicted molar refractivity (Wildman–Crippen MR) is 153 cm³/mol. The van der Waals surface area contributed by atoms with Gasteiger partial charge >= 0.3 is 5.97 Å². The Morgan fingerprint density at radius 1 is 0.975 bits per heavy atom. The van der Waals surface area contributed by atoms with Crippen LogP contribution in [-0.4, -0.2) is 79.3 Å². The molecular weight excluding hydrogens is 552 g/mol. The van der Waals surface area contributed by atoms with Crippen LogP contribution in [0.1, 0.15) is 64.9 Å². The van der Waals surface area contributed by atoms with Crippen molar-refractivity contribution in [1.82, 2.24) is 24.6 Å². The van der Waals surface area contributed by atoms with E-state index >= 15 is 0 Å². The van der Waals surface area contributed by atoms with Gasteiger partial charge in [0.25, 0.3) is 0 Å². The maximum Gasteiger partial charge on any atom is 0.303 e. The number of piperazine rings is 1. The molecule has 2 aliphatic heterocycles. The van der Waals surface area contributed by atoms with Crippen LogP contribution in [0.5, 0.6) is 0 Å². The number of aryl methyl sites for hydroxylation is 2. The molecule has 40 heavy (non-hydrogen) atoms. The van der Waals surface area contributed by atoms with Gasteiger partial charge in [0.2, 0.25) is 11.8 Å². The van der Waals surface area contributed by atoms with E-state index in [4.69, 9.17) is 21.7 Å². The first-order valence-corrected chi connectivity index (χ1v) is 14.5. The fourth-order valence-corrected chi connectivity index (χ4v) is 6.52. The van der Waals surface area contributed by atoms with Crippen LogP contribution in [0, 0.1) is 20.8 Å². The summed E-state index contributed by atoms with van der Waals surface area (Å²) in [4.78, 5) is 46.6. The average molecular weight is 583 g/mol. The largest absolute Gasteiger partial charge is 0.481 e. The van der Waals surface area contributed by atoms with E-state index in [2.05, 4.69) is 24.0 Å². The minimum atomic E-state index is -0.907. The molecule has 1 saturated heterocycles. The Hall–Kier alpha value is -3.57. The van der Waals surface area contributed by atoms with Gasteiger partial charge in [-0.3, -0.25) is 23.9 Å². The van der Waals surface area contributed by atoms with Gasteiger partial charge in [-0.15, -0.1) is 21.5 Å². The van der Waals surface area contributed by atoms with Crippen LogP contribution in [0.25, 0.3) is 5.00 Å². The lowest BCUT2D eigenvalue weighted by atomic mass is 9.99. The van der Waals surface area contributed by atoms with Crippen molar-refractivity contribution in [3.8, 4) is 5.00 Å². The number of aliphatic imine (C=N–C) groups is 1. The lowest BCUT2D eigenvalue weighted by molar-refractivity contribution is -0.140. The number of hydrogen-bond donors (Lipinski definition) is 1. The standard InChI is InChI=1S/C28H31ClN6O4S/c1-16-17(2)40-28-25(16)26(19-7-9-20(29)10-8-19)30-21(27-32-31-18(3)35(27)28)15-23(37)34-13-11-33(12-14-34)22(36)5-4-6-24(38)39/h7-10,21H,4-6,11-15H2,1-3H3,(H,38,39)/t21-/m0/s1. The number of carboxylic acid groups (broad SMARTS) is 1. The summed E-state index contributed by atoms with van der Waals surface area (Å²) in [6.07, 6.45) is 0.602. The summed E-state index contributed by atoms with van der Waals surface area (Å²) >= 11 is 7.85. The van der Waals surface area contributed by atoms with Gasteiger partial charge in [-0.05, 0) is 44.9 Å². The Balaban J connectivity index is 1.39. The smallest absolute Gasteiger partial charge is 0.303 e.